The summed E-state index contributed by atoms with van der Waals surface area (Å²) in [7, 11) is 0. The van der Waals surface area contributed by atoms with Crippen LogP contribution in [0.1, 0.15) is 95.1 Å². The number of amides is 2. The molecule has 2 amide bonds. The lowest BCUT2D eigenvalue weighted by atomic mass is 9.90. The van der Waals surface area contributed by atoms with E-state index in [1.807, 2.05) is 0 Å². The highest BCUT2D eigenvalue weighted by atomic mass is 16.3. The van der Waals surface area contributed by atoms with Crippen LogP contribution in [0.3, 0.4) is 0 Å². The number of carbonyl (C=O) groups excluding carboxylic acids is 2. The van der Waals surface area contributed by atoms with Crippen LogP contribution >= 0.6 is 0 Å². The van der Waals surface area contributed by atoms with E-state index in [1.165, 1.54) is 32.9 Å². The third-order valence-corrected chi connectivity index (χ3v) is 6.87. The Hall–Kier alpha value is -5.56. The molecule has 0 saturated carbocycles. The van der Waals surface area contributed by atoms with Gasteiger partial charge in [0.25, 0.3) is 11.8 Å². The molecule has 0 radical (unpaired) electrons. The molecule has 5 rings (SSSR count). The van der Waals surface area contributed by atoms with Crippen molar-refractivity contribution in [3.05, 3.63) is 136 Å². The van der Waals surface area contributed by atoms with Gasteiger partial charge in [0.05, 0.1) is 19.2 Å². The van der Waals surface area contributed by atoms with Crippen molar-refractivity contribution in [1.29, 1.82) is 0 Å². The number of aryl methyl sites for hydroxylation is 3. The molecular formula is C41H42N2O5. The van der Waals surface area contributed by atoms with Crippen molar-refractivity contribution < 1.29 is 57.8 Å². The predicted molar refractivity (Wildman–Crippen MR) is 190 cm³/mol. The normalized spacial score (nSPS) is 19.9. The first-order valence-corrected chi connectivity index (χ1v) is 13.9. The van der Waals surface area contributed by atoms with E-state index in [4.69, 9.17) is 27.4 Å². The van der Waals surface area contributed by atoms with Crippen LogP contribution in [-0.4, -0.2) is 49.9 Å². The lowest BCUT2D eigenvalue weighted by molar-refractivity contribution is 0.0744. The molecule has 5 aromatic carbocycles. The number of carbonyl (C=O) groups is 2. The summed E-state index contributed by atoms with van der Waals surface area (Å²) in [6, 6.07) is -5.04. The van der Waals surface area contributed by atoms with Gasteiger partial charge in [0, 0.05) is 84.2 Å². The molecule has 0 saturated heterocycles. The van der Waals surface area contributed by atoms with Gasteiger partial charge in [-0.1, -0.05) is 48.4 Å². The maximum Gasteiger partial charge on any atom is 0.254 e. The van der Waals surface area contributed by atoms with E-state index in [1.54, 1.807) is 0 Å². The highest BCUT2D eigenvalue weighted by Gasteiger charge is 2.24. The van der Waals surface area contributed by atoms with Crippen LogP contribution in [0.15, 0.2) is 96.8 Å². The minimum Gasteiger partial charge on any atom is -0.507 e. The van der Waals surface area contributed by atoms with Gasteiger partial charge in [-0.3, -0.25) is 9.59 Å². The Morgan fingerprint density at radius 2 is 0.917 bits per heavy atom. The van der Waals surface area contributed by atoms with Gasteiger partial charge in [-0.05, 0) is 99.6 Å². The Labute approximate surface area is 316 Å². The summed E-state index contributed by atoms with van der Waals surface area (Å²) in [5.41, 5.74) is -6.58. The molecule has 246 valence electrons. The predicted octanol–water partition coefficient (Wildman–Crippen LogP) is 8.39. The van der Waals surface area contributed by atoms with Crippen molar-refractivity contribution in [3.63, 3.8) is 0 Å². The van der Waals surface area contributed by atoms with Gasteiger partial charge in [0.2, 0.25) is 0 Å². The maximum absolute atomic E-state index is 14.3. The highest BCUT2D eigenvalue weighted by Crippen LogP contribution is 2.46. The van der Waals surface area contributed by atoms with E-state index < -0.39 is 183 Å². The van der Waals surface area contributed by atoms with E-state index >= 15 is 0 Å². The summed E-state index contributed by atoms with van der Waals surface area (Å²) < 4.78 is 200. The SMILES string of the molecule is [2H]c1c([2H])c([2H])c(C(=O)N(C([2H])([2H])c2cc(C)cc(-c3cc(C)cc(-c4cc(C)cc(C([2H])([2H])N(C(=O)c5c([2H])c([2H])c([2H])c([2H])c5[2H])C([2H])([2H])C([2H])([2H])[2H])c4O)c3O)c2O)C([2H])([2H])C([2H])([2H])[2H])c([2H])c1[2H]. The largest absolute Gasteiger partial charge is 0.507 e. The van der Waals surface area contributed by atoms with Gasteiger partial charge >= 0.3 is 0 Å². The zero-order chi connectivity index (χ0) is 55.4. The number of rotatable bonds is 10. The van der Waals surface area contributed by atoms with Crippen LogP contribution in [0, 0.1) is 20.8 Å². The highest BCUT2D eigenvalue weighted by molar-refractivity contribution is 5.95. The minimum absolute atomic E-state index is 0.0185. The third kappa shape index (κ3) is 7.05. The number of hydrogen-bond donors (Lipinski definition) is 3. The molecule has 3 N–H and O–H groups in total. The molecular weight excluding hydrogens is 600 g/mol. The van der Waals surface area contributed by atoms with E-state index in [0.29, 0.717) is 0 Å². The topological polar surface area (TPSA) is 101 Å². The van der Waals surface area contributed by atoms with Crippen molar-refractivity contribution >= 4 is 11.8 Å². The molecule has 0 aliphatic heterocycles. The summed E-state index contributed by atoms with van der Waals surface area (Å²) in [6.07, 6.45) is 0. The van der Waals surface area contributed by atoms with E-state index in [0.717, 1.165) is 24.3 Å². The summed E-state index contributed by atoms with van der Waals surface area (Å²) in [5, 5.41) is 36.0. The van der Waals surface area contributed by atoms with Crippen LogP contribution < -0.4 is 0 Å². The van der Waals surface area contributed by atoms with Gasteiger partial charge in [-0.25, -0.2) is 0 Å². The number of aromatic hydroxyl groups is 3. The van der Waals surface area contributed by atoms with Crippen LogP contribution in [0.4, 0.5) is 0 Å². The number of benzene rings is 5. The molecule has 0 aliphatic carbocycles. The van der Waals surface area contributed by atoms with Crippen molar-refractivity contribution in [2.24, 2.45) is 0 Å². The van der Waals surface area contributed by atoms with Crippen LogP contribution in [0.5, 0.6) is 17.2 Å². The first kappa shape index (κ1) is 14.7. The molecule has 48 heavy (non-hydrogen) atoms. The number of nitrogens with zero attached hydrogens (tertiary/aromatic N) is 2. The fourth-order valence-corrected chi connectivity index (χ4v) is 4.77. The second-order valence-corrected chi connectivity index (χ2v) is 10.4. The van der Waals surface area contributed by atoms with Crippen molar-refractivity contribution in [1.82, 2.24) is 9.80 Å². The maximum atomic E-state index is 14.3. The molecule has 7 nitrogen and oxygen atoms in total. The van der Waals surface area contributed by atoms with Gasteiger partial charge in [-0.2, -0.15) is 0 Å². The molecule has 0 aromatic heterocycles. The first-order chi connectivity index (χ1) is 32.5. The van der Waals surface area contributed by atoms with Gasteiger partial charge in [0.15, 0.2) is 0 Å². The van der Waals surface area contributed by atoms with Gasteiger partial charge in [0.1, 0.15) is 17.2 Å². The van der Waals surface area contributed by atoms with Crippen molar-refractivity contribution in [3.8, 4) is 39.5 Å². The van der Waals surface area contributed by atoms with E-state index in [9.17, 15) is 30.4 Å². The van der Waals surface area contributed by atoms with Crippen LogP contribution in [0.2, 0.25) is 0 Å². The molecule has 0 fully saturated rings. The monoisotopic (exact) mass is 666 g/mol. The Morgan fingerprint density at radius 1 is 0.583 bits per heavy atom. The Morgan fingerprint density at radius 3 is 1.27 bits per heavy atom. The first-order valence-electron chi connectivity index (χ1n) is 25.9. The average molecular weight is 667 g/mol. The summed E-state index contributed by atoms with van der Waals surface area (Å²) in [5.74, 6) is -7.40. The van der Waals surface area contributed by atoms with E-state index in [2.05, 4.69) is 0 Å². The smallest absolute Gasteiger partial charge is 0.254 e. The molecule has 0 heterocycles. The standard InChI is InChI=1S/C41H42N2O5/c1-6-42(40(47)29-14-10-8-11-15-29)24-31-18-26(3)20-33(37(31)44)35-22-28(5)23-36(39(35)46)34-21-27(4)19-32(38(34)45)25-43(7-2)41(48)30-16-12-9-13-17-30/h8-23,44-46H,6-7,24-25H2,1-5H3/i1D3,2D3,6D2,7D2,8D,9D,10D,11D,12D,13D,14D,15D,16D,17D,24D2,25D2. The molecule has 0 spiro atoms. The van der Waals surface area contributed by atoms with Crippen molar-refractivity contribution in [2.45, 2.75) is 47.5 Å². The van der Waals surface area contributed by atoms with Crippen LogP contribution in [0.25, 0.3) is 22.3 Å². The summed E-state index contributed by atoms with van der Waals surface area (Å²) in [6.45, 7) is -19.6. The molecule has 0 unspecified atom stereocenters. The fourth-order valence-electron chi connectivity index (χ4n) is 4.77. The number of phenolic OH excluding ortho intramolecular Hbond substituents is 3. The molecule has 7 heteroatoms. The second-order valence-electron chi connectivity index (χ2n) is 10.4. The fraction of sp³-hybridized carbons (Fsp3) is 0.220. The zero-order valence-electron chi connectivity index (χ0n) is 49.5. The lowest BCUT2D eigenvalue weighted by Crippen LogP contribution is -2.30. The second kappa shape index (κ2) is 14.5. The molecule has 0 bridgehead atoms. The Bertz CT molecular complexity index is 2840. The Balaban J connectivity index is 1.80. The summed E-state index contributed by atoms with van der Waals surface area (Å²) in [4.78, 5) is 27.5. The van der Waals surface area contributed by atoms with Gasteiger partial charge < -0.3 is 25.1 Å². The summed E-state index contributed by atoms with van der Waals surface area (Å²) >= 11 is 0. The quantitative estimate of drug-likeness (QED) is 0.139. The zero-order valence-corrected chi connectivity index (χ0v) is 25.5. The van der Waals surface area contributed by atoms with Crippen molar-refractivity contribution in [2.75, 3.05) is 13.0 Å². The third-order valence-electron chi connectivity index (χ3n) is 6.87. The average Bonchev–Trinajstić information content (AvgIpc) is 3.24. The lowest BCUT2D eigenvalue weighted by Gasteiger charge is -2.24. The minimum atomic E-state index is -4.07. The molecule has 0 aliphatic rings. The Kier molecular flexibility index (Phi) is 4.43. The number of phenols is 3. The van der Waals surface area contributed by atoms with Crippen LogP contribution in [-0.2, 0) is 13.0 Å². The molecule has 0 atom stereocenters. The van der Waals surface area contributed by atoms with E-state index in [-0.39, 0.29) is 16.7 Å². The molecule has 5 aromatic rings. The van der Waals surface area contributed by atoms with Gasteiger partial charge in [-0.15, -0.1) is 0 Å². The number of hydrogen-bond acceptors (Lipinski definition) is 5.